The maximum absolute atomic E-state index is 11.6. The van der Waals surface area contributed by atoms with Gasteiger partial charge in [-0.25, -0.2) is 0 Å². The maximum atomic E-state index is 11.6. The number of likely N-dealkylation sites (N-methyl/N-ethyl adjacent to an activating group) is 1. The van der Waals surface area contributed by atoms with Crippen molar-refractivity contribution in [3.05, 3.63) is 24.3 Å². The molecular weight excluding hydrogens is 236 g/mol. The van der Waals surface area contributed by atoms with E-state index in [1.54, 1.807) is 38.4 Å². The first-order valence-electron chi connectivity index (χ1n) is 5.35. The quantitative estimate of drug-likeness (QED) is 0.777. The number of hydrogen-bond donors (Lipinski definition) is 2. The fourth-order valence-electron chi connectivity index (χ4n) is 1.41. The molecule has 18 heavy (non-hydrogen) atoms. The Morgan fingerprint density at radius 3 is 2.39 bits per heavy atom. The lowest BCUT2D eigenvalue weighted by atomic mass is 10.3. The first-order valence-corrected chi connectivity index (χ1v) is 5.35. The van der Waals surface area contributed by atoms with E-state index in [-0.39, 0.29) is 19.0 Å². The molecule has 0 heterocycles. The standard InChI is InChI=1S/C12H16N2O4/c1-14(8-12(16)17)7-11(15)13-9-3-5-10(18-2)6-4-9/h3-6H,7-8H2,1-2H3,(H,13,15)(H,16,17). The SMILES string of the molecule is COc1ccc(NC(=O)CN(C)CC(=O)O)cc1. The van der Waals surface area contributed by atoms with E-state index in [0.717, 1.165) is 0 Å². The second kappa shape index (κ2) is 6.61. The van der Waals surface area contributed by atoms with Crippen LogP contribution < -0.4 is 10.1 Å². The van der Waals surface area contributed by atoms with E-state index in [2.05, 4.69) is 5.32 Å². The Hall–Kier alpha value is -2.08. The van der Waals surface area contributed by atoms with Gasteiger partial charge in [0.15, 0.2) is 0 Å². The van der Waals surface area contributed by atoms with Gasteiger partial charge in [0, 0.05) is 5.69 Å². The average Bonchev–Trinajstić information content (AvgIpc) is 2.28. The summed E-state index contributed by atoms with van der Waals surface area (Å²) >= 11 is 0. The van der Waals surface area contributed by atoms with Crippen LogP contribution in [0.1, 0.15) is 0 Å². The van der Waals surface area contributed by atoms with Crippen LogP contribution in [-0.2, 0) is 9.59 Å². The number of aliphatic carboxylic acids is 1. The van der Waals surface area contributed by atoms with E-state index in [1.165, 1.54) is 4.90 Å². The van der Waals surface area contributed by atoms with E-state index < -0.39 is 5.97 Å². The zero-order valence-electron chi connectivity index (χ0n) is 10.3. The molecule has 0 saturated heterocycles. The number of carbonyl (C=O) groups is 2. The molecule has 0 aliphatic heterocycles. The van der Waals surface area contributed by atoms with Gasteiger partial charge in [0.05, 0.1) is 20.2 Å². The van der Waals surface area contributed by atoms with Gasteiger partial charge in [0.1, 0.15) is 5.75 Å². The van der Waals surface area contributed by atoms with Crippen LogP contribution >= 0.6 is 0 Å². The van der Waals surface area contributed by atoms with Gasteiger partial charge in [0.25, 0.3) is 0 Å². The van der Waals surface area contributed by atoms with Gasteiger partial charge >= 0.3 is 5.97 Å². The molecule has 0 aliphatic carbocycles. The summed E-state index contributed by atoms with van der Waals surface area (Å²) in [6.45, 7) is -0.144. The van der Waals surface area contributed by atoms with E-state index in [0.29, 0.717) is 11.4 Å². The van der Waals surface area contributed by atoms with Crippen molar-refractivity contribution >= 4 is 17.6 Å². The Labute approximate surface area is 105 Å². The summed E-state index contributed by atoms with van der Waals surface area (Å²) in [5, 5.41) is 11.2. The molecule has 0 saturated carbocycles. The van der Waals surface area contributed by atoms with Crippen LogP contribution in [0.2, 0.25) is 0 Å². The minimum atomic E-state index is -0.963. The Morgan fingerprint density at radius 2 is 1.89 bits per heavy atom. The Morgan fingerprint density at radius 1 is 1.28 bits per heavy atom. The highest BCUT2D eigenvalue weighted by Crippen LogP contribution is 2.14. The number of nitrogens with one attached hydrogen (secondary N) is 1. The average molecular weight is 252 g/mol. The molecule has 0 radical (unpaired) electrons. The highest BCUT2D eigenvalue weighted by Gasteiger charge is 2.09. The highest BCUT2D eigenvalue weighted by atomic mass is 16.5. The molecule has 0 unspecified atom stereocenters. The Balaban J connectivity index is 2.46. The van der Waals surface area contributed by atoms with E-state index in [1.807, 2.05) is 0 Å². The molecule has 0 fully saturated rings. The Bertz CT molecular complexity index is 417. The minimum absolute atomic E-state index is 0.0261. The number of methoxy groups -OCH3 is 1. The zero-order valence-corrected chi connectivity index (χ0v) is 10.3. The molecule has 0 bridgehead atoms. The number of anilines is 1. The zero-order chi connectivity index (χ0) is 13.5. The van der Waals surface area contributed by atoms with Crippen LogP contribution in [0.3, 0.4) is 0 Å². The predicted molar refractivity (Wildman–Crippen MR) is 66.8 cm³/mol. The molecule has 1 aromatic carbocycles. The predicted octanol–water partition coefficient (Wildman–Crippen LogP) is 0.650. The van der Waals surface area contributed by atoms with E-state index in [4.69, 9.17) is 9.84 Å². The van der Waals surface area contributed by atoms with E-state index in [9.17, 15) is 9.59 Å². The number of ether oxygens (including phenoxy) is 1. The number of rotatable bonds is 6. The van der Waals surface area contributed by atoms with Crippen LogP contribution in [0.15, 0.2) is 24.3 Å². The van der Waals surface area contributed by atoms with Gasteiger partial charge in [-0.15, -0.1) is 0 Å². The molecule has 1 aromatic rings. The van der Waals surface area contributed by atoms with Crippen molar-refractivity contribution in [3.63, 3.8) is 0 Å². The lowest BCUT2D eigenvalue weighted by Crippen LogP contribution is -2.33. The molecule has 0 spiro atoms. The molecule has 1 amide bonds. The third-order valence-corrected chi connectivity index (χ3v) is 2.19. The molecule has 0 aliphatic rings. The van der Waals surface area contributed by atoms with Crippen molar-refractivity contribution in [2.24, 2.45) is 0 Å². The van der Waals surface area contributed by atoms with Crippen molar-refractivity contribution in [1.29, 1.82) is 0 Å². The number of carboxylic acid groups (broad SMARTS) is 1. The van der Waals surface area contributed by atoms with Crippen molar-refractivity contribution in [2.75, 3.05) is 32.6 Å². The van der Waals surface area contributed by atoms with Crippen LogP contribution in [0.25, 0.3) is 0 Å². The summed E-state index contributed by atoms with van der Waals surface area (Å²) in [6, 6.07) is 6.90. The maximum Gasteiger partial charge on any atom is 0.317 e. The smallest absolute Gasteiger partial charge is 0.317 e. The lowest BCUT2D eigenvalue weighted by molar-refractivity contribution is -0.138. The number of nitrogens with zero attached hydrogens (tertiary/aromatic N) is 1. The first-order chi connectivity index (χ1) is 8.51. The summed E-state index contributed by atoms with van der Waals surface area (Å²) in [7, 11) is 3.14. The minimum Gasteiger partial charge on any atom is -0.497 e. The molecule has 1 rings (SSSR count). The van der Waals surface area contributed by atoms with Crippen molar-refractivity contribution in [1.82, 2.24) is 4.90 Å². The topological polar surface area (TPSA) is 78.9 Å². The highest BCUT2D eigenvalue weighted by molar-refractivity contribution is 5.92. The number of hydrogen-bond acceptors (Lipinski definition) is 4. The van der Waals surface area contributed by atoms with Gasteiger partial charge < -0.3 is 15.2 Å². The second-order valence-corrected chi connectivity index (χ2v) is 3.84. The van der Waals surface area contributed by atoms with E-state index >= 15 is 0 Å². The fraction of sp³-hybridized carbons (Fsp3) is 0.333. The number of benzene rings is 1. The molecule has 2 N–H and O–H groups in total. The summed E-state index contributed by atoms with van der Waals surface area (Å²) in [6.07, 6.45) is 0. The van der Waals surface area contributed by atoms with Gasteiger partial charge in [-0.3, -0.25) is 14.5 Å². The van der Waals surface area contributed by atoms with Crippen molar-refractivity contribution in [2.45, 2.75) is 0 Å². The number of carboxylic acids is 1. The molecule has 6 heteroatoms. The van der Waals surface area contributed by atoms with Crippen molar-refractivity contribution < 1.29 is 19.4 Å². The molecule has 6 nitrogen and oxygen atoms in total. The normalized spacial score (nSPS) is 10.2. The third-order valence-electron chi connectivity index (χ3n) is 2.19. The first kappa shape index (κ1) is 14.0. The number of carbonyl (C=O) groups excluding carboxylic acids is 1. The van der Waals surface area contributed by atoms with Crippen LogP contribution in [0.4, 0.5) is 5.69 Å². The summed E-state index contributed by atoms with van der Waals surface area (Å²) in [5.74, 6) is -0.519. The van der Waals surface area contributed by atoms with Gasteiger partial charge in [-0.1, -0.05) is 0 Å². The van der Waals surface area contributed by atoms with Gasteiger partial charge in [0.2, 0.25) is 5.91 Å². The van der Waals surface area contributed by atoms with Crippen LogP contribution in [0, 0.1) is 0 Å². The summed E-state index contributed by atoms with van der Waals surface area (Å²) in [4.78, 5) is 23.4. The largest absolute Gasteiger partial charge is 0.497 e. The molecule has 0 atom stereocenters. The molecule has 0 aromatic heterocycles. The summed E-state index contributed by atoms with van der Waals surface area (Å²) < 4.78 is 5.00. The van der Waals surface area contributed by atoms with Gasteiger partial charge in [-0.2, -0.15) is 0 Å². The number of amides is 1. The Kier molecular flexibility index (Phi) is 5.13. The van der Waals surface area contributed by atoms with Crippen LogP contribution in [0.5, 0.6) is 5.75 Å². The lowest BCUT2D eigenvalue weighted by Gasteiger charge is -2.13. The second-order valence-electron chi connectivity index (χ2n) is 3.84. The molecule has 98 valence electrons. The van der Waals surface area contributed by atoms with Gasteiger partial charge in [-0.05, 0) is 31.3 Å². The fourth-order valence-corrected chi connectivity index (χ4v) is 1.41. The summed E-state index contributed by atoms with van der Waals surface area (Å²) in [5.41, 5.74) is 0.643. The monoisotopic (exact) mass is 252 g/mol. The van der Waals surface area contributed by atoms with Crippen molar-refractivity contribution in [3.8, 4) is 5.75 Å². The third kappa shape index (κ3) is 4.84. The van der Waals surface area contributed by atoms with Crippen LogP contribution in [-0.4, -0.2) is 49.1 Å². The molecular formula is C12H16N2O4.